The molecule has 144 valence electrons. The highest BCUT2D eigenvalue weighted by atomic mass is 32.2. The zero-order valence-corrected chi connectivity index (χ0v) is 16.5. The number of ether oxygens (including phenoxy) is 1. The van der Waals surface area contributed by atoms with Crippen LogP contribution in [0.25, 0.3) is 0 Å². The Kier molecular flexibility index (Phi) is 6.28. The molecule has 1 aliphatic rings. The van der Waals surface area contributed by atoms with Crippen LogP contribution in [0.2, 0.25) is 0 Å². The molecule has 1 aliphatic heterocycles. The zero-order valence-electron chi connectivity index (χ0n) is 15.7. The summed E-state index contributed by atoms with van der Waals surface area (Å²) in [6.07, 6.45) is 2.73. The summed E-state index contributed by atoms with van der Waals surface area (Å²) >= 11 is 0. The van der Waals surface area contributed by atoms with Crippen LogP contribution in [0.5, 0.6) is 0 Å². The molecule has 1 aromatic carbocycles. The first-order valence-corrected chi connectivity index (χ1v) is 10.1. The molecule has 0 radical (unpaired) electrons. The fourth-order valence-electron chi connectivity index (χ4n) is 2.53. The predicted molar refractivity (Wildman–Crippen MR) is 101 cm³/mol. The lowest BCUT2D eigenvalue weighted by molar-refractivity contribution is 0.0203. The Labute approximate surface area is 155 Å². The Morgan fingerprint density at radius 3 is 2.35 bits per heavy atom. The van der Waals surface area contributed by atoms with Gasteiger partial charge in [0.15, 0.2) is 0 Å². The van der Waals surface area contributed by atoms with Crippen molar-refractivity contribution in [2.24, 2.45) is 11.0 Å². The minimum absolute atomic E-state index is 0.120. The van der Waals surface area contributed by atoms with E-state index in [4.69, 9.17) is 4.74 Å². The molecule has 1 saturated heterocycles. The highest BCUT2D eigenvalue weighted by molar-refractivity contribution is 7.89. The van der Waals surface area contributed by atoms with E-state index >= 15 is 0 Å². The van der Waals surface area contributed by atoms with Crippen LogP contribution in [0.15, 0.2) is 34.3 Å². The summed E-state index contributed by atoms with van der Waals surface area (Å²) in [7, 11) is -3.65. The van der Waals surface area contributed by atoms with Crippen molar-refractivity contribution in [1.82, 2.24) is 9.73 Å². The maximum absolute atomic E-state index is 12.2. The van der Waals surface area contributed by atoms with Crippen LogP contribution in [-0.4, -0.2) is 44.3 Å². The minimum atomic E-state index is -3.65. The summed E-state index contributed by atoms with van der Waals surface area (Å²) in [4.78, 5) is 16.1. The van der Waals surface area contributed by atoms with Crippen LogP contribution in [0.4, 0.5) is 4.79 Å². The number of rotatable bonds is 4. The first-order valence-electron chi connectivity index (χ1n) is 8.66. The molecule has 0 saturated carbocycles. The summed E-state index contributed by atoms with van der Waals surface area (Å²) in [5.41, 5.74) is 0.480. The minimum Gasteiger partial charge on any atom is -0.444 e. The van der Waals surface area contributed by atoms with Gasteiger partial charge in [0.1, 0.15) is 5.60 Å². The average Bonchev–Trinajstić information content (AvgIpc) is 2.54. The fraction of sp³-hybridized carbons (Fsp3) is 0.556. The summed E-state index contributed by atoms with van der Waals surface area (Å²) < 4.78 is 29.7. The molecule has 26 heavy (non-hydrogen) atoms. The van der Waals surface area contributed by atoms with Gasteiger partial charge in [0, 0.05) is 19.3 Å². The number of amides is 1. The first-order chi connectivity index (χ1) is 12.1. The summed E-state index contributed by atoms with van der Waals surface area (Å²) in [5, 5.41) is 3.90. The molecule has 1 heterocycles. The fourth-order valence-corrected chi connectivity index (χ4v) is 3.33. The van der Waals surface area contributed by atoms with Gasteiger partial charge in [0.05, 0.1) is 4.90 Å². The van der Waals surface area contributed by atoms with Crippen molar-refractivity contribution in [2.75, 3.05) is 13.1 Å². The molecule has 0 unspecified atom stereocenters. The van der Waals surface area contributed by atoms with Gasteiger partial charge in [-0.1, -0.05) is 17.7 Å². The first kappa shape index (κ1) is 20.2. The van der Waals surface area contributed by atoms with Gasteiger partial charge in [-0.05, 0) is 58.6 Å². The zero-order chi connectivity index (χ0) is 19.4. The van der Waals surface area contributed by atoms with E-state index in [1.807, 2.05) is 27.7 Å². The number of carbonyl (C=O) groups is 1. The number of benzene rings is 1. The van der Waals surface area contributed by atoms with E-state index < -0.39 is 15.6 Å². The van der Waals surface area contributed by atoms with Gasteiger partial charge in [-0.25, -0.2) is 9.63 Å². The van der Waals surface area contributed by atoms with Crippen molar-refractivity contribution < 1.29 is 17.9 Å². The van der Waals surface area contributed by atoms with Crippen molar-refractivity contribution in [2.45, 2.75) is 51.0 Å². The van der Waals surface area contributed by atoms with E-state index in [2.05, 4.69) is 9.93 Å². The molecular weight excluding hydrogens is 354 g/mol. The third kappa shape index (κ3) is 6.01. The van der Waals surface area contributed by atoms with Crippen molar-refractivity contribution >= 4 is 22.3 Å². The molecule has 1 N–H and O–H groups in total. The SMILES string of the molecule is Cc1ccc(S(=O)(=O)NN=CC2CCN(C(=O)OC(C)(C)C)CC2)cc1. The Balaban J connectivity index is 1.83. The van der Waals surface area contributed by atoms with Crippen LogP contribution in [0, 0.1) is 12.8 Å². The quantitative estimate of drug-likeness (QED) is 0.642. The molecule has 2 rings (SSSR count). The number of sulfonamides is 1. The number of hydrogen-bond donors (Lipinski definition) is 1. The van der Waals surface area contributed by atoms with E-state index in [-0.39, 0.29) is 16.9 Å². The van der Waals surface area contributed by atoms with Gasteiger partial charge in [0.2, 0.25) is 0 Å². The van der Waals surface area contributed by atoms with E-state index in [1.54, 1.807) is 35.4 Å². The summed E-state index contributed by atoms with van der Waals surface area (Å²) in [6.45, 7) is 8.54. The molecule has 1 amide bonds. The molecule has 0 bridgehead atoms. The highest BCUT2D eigenvalue weighted by Crippen LogP contribution is 2.18. The second-order valence-corrected chi connectivity index (χ2v) is 9.15. The molecular formula is C18H27N3O4S. The molecule has 1 fully saturated rings. The Hall–Kier alpha value is -2.09. The lowest BCUT2D eigenvalue weighted by Gasteiger charge is -2.32. The third-order valence-electron chi connectivity index (χ3n) is 3.98. The van der Waals surface area contributed by atoms with Crippen LogP contribution >= 0.6 is 0 Å². The van der Waals surface area contributed by atoms with Crippen molar-refractivity contribution in [3.63, 3.8) is 0 Å². The molecule has 0 spiro atoms. The third-order valence-corrected chi connectivity index (χ3v) is 5.22. The van der Waals surface area contributed by atoms with Crippen LogP contribution in [-0.2, 0) is 14.8 Å². The second kappa shape index (κ2) is 8.07. The Morgan fingerprint density at radius 2 is 1.81 bits per heavy atom. The average molecular weight is 381 g/mol. The largest absolute Gasteiger partial charge is 0.444 e. The number of hydrogen-bond acceptors (Lipinski definition) is 5. The summed E-state index contributed by atoms with van der Waals surface area (Å²) in [6, 6.07) is 6.58. The van der Waals surface area contributed by atoms with Gasteiger partial charge < -0.3 is 9.64 Å². The smallest absolute Gasteiger partial charge is 0.410 e. The number of nitrogens with one attached hydrogen (secondary N) is 1. The Morgan fingerprint density at radius 1 is 1.23 bits per heavy atom. The van der Waals surface area contributed by atoms with Crippen molar-refractivity contribution in [3.8, 4) is 0 Å². The van der Waals surface area contributed by atoms with Gasteiger partial charge in [-0.15, -0.1) is 0 Å². The number of piperidine rings is 1. The van der Waals surface area contributed by atoms with Crippen molar-refractivity contribution in [3.05, 3.63) is 29.8 Å². The second-order valence-electron chi connectivity index (χ2n) is 7.49. The van der Waals surface area contributed by atoms with Crippen LogP contribution < -0.4 is 4.83 Å². The van der Waals surface area contributed by atoms with E-state index in [0.29, 0.717) is 13.1 Å². The lowest BCUT2D eigenvalue weighted by Crippen LogP contribution is -2.42. The van der Waals surface area contributed by atoms with E-state index in [1.165, 1.54) is 0 Å². The topological polar surface area (TPSA) is 88.1 Å². The molecule has 0 aliphatic carbocycles. The van der Waals surface area contributed by atoms with Crippen LogP contribution in [0.1, 0.15) is 39.2 Å². The van der Waals surface area contributed by atoms with Gasteiger partial charge in [-0.3, -0.25) is 0 Å². The number of hydrazone groups is 1. The van der Waals surface area contributed by atoms with Gasteiger partial charge in [0.25, 0.3) is 10.0 Å². The Bertz CT molecular complexity index is 744. The molecule has 7 nitrogen and oxygen atoms in total. The molecule has 0 atom stereocenters. The monoisotopic (exact) mass is 381 g/mol. The van der Waals surface area contributed by atoms with Gasteiger partial charge >= 0.3 is 6.09 Å². The number of aryl methyl sites for hydroxylation is 1. The van der Waals surface area contributed by atoms with Crippen LogP contribution in [0.3, 0.4) is 0 Å². The molecule has 0 aromatic heterocycles. The number of carbonyl (C=O) groups excluding carboxylic acids is 1. The number of likely N-dealkylation sites (tertiary alicyclic amines) is 1. The maximum Gasteiger partial charge on any atom is 0.410 e. The van der Waals surface area contributed by atoms with E-state index in [0.717, 1.165) is 18.4 Å². The van der Waals surface area contributed by atoms with E-state index in [9.17, 15) is 13.2 Å². The standard InChI is InChI=1S/C18H27N3O4S/c1-14-5-7-16(8-6-14)26(23,24)20-19-13-15-9-11-21(12-10-15)17(22)25-18(2,3)4/h5-8,13,15,20H,9-12H2,1-4H3. The lowest BCUT2D eigenvalue weighted by atomic mass is 9.99. The normalized spacial score (nSPS) is 16.7. The van der Waals surface area contributed by atoms with Crippen molar-refractivity contribution in [1.29, 1.82) is 0 Å². The summed E-state index contributed by atoms with van der Waals surface area (Å²) in [5.74, 6) is 0.120. The highest BCUT2D eigenvalue weighted by Gasteiger charge is 2.26. The molecule has 8 heteroatoms. The number of nitrogens with zero attached hydrogens (tertiary/aromatic N) is 2. The predicted octanol–water partition coefficient (Wildman–Crippen LogP) is 2.91. The maximum atomic E-state index is 12.2. The molecule has 1 aromatic rings. The van der Waals surface area contributed by atoms with Gasteiger partial charge in [-0.2, -0.15) is 13.5 Å².